The molecule has 1 fully saturated rings. The van der Waals surface area contributed by atoms with Gasteiger partial charge in [-0.25, -0.2) is 0 Å². The number of hydrogen-bond acceptors (Lipinski definition) is 2. The van der Waals surface area contributed by atoms with Gasteiger partial charge in [0.25, 0.3) is 0 Å². The highest BCUT2D eigenvalue weighted by Crippen LogP contribution is 2.15. The van der Waals surface area contributed by atoms with E-state index in [1.165, 1.54) is 39.0 Å². The summed E-state index contributed by atoms with van der Waals surface area (Å²) in [6.45, 7) is 15.4. The van der Waals surface area contributed by atoms with Crippen molar-refractivity contribution < 1.29 is 0 Å². The standard InChI is InChI=1S/C10H22N2.2C2H6/c1-10-4-6-12(7-5-10)9-8-11(2)3;2*1-2/h10H,4-9H2,1-3H3;2*1-2H3. The Morgan fingerprint density at radius 3 is 1.81 bits per heavy atom. The molecule has 0 bridgehead atoms. The molecular weight excluding hydrogens is 196 g/mol. The third-order valence-corrected chi connectivity index (χ3v) is 2.74. The molecule has 0 radical (unpaired) electrons. The van der Waals surface area contributed by atoms with Crippen molar-refractivity contribution in [2.45, 2.75) is 47.5 Å². The second kappa shape index (κ2) is 13.0. The van der Waals surface area contributed by atoms with Gasteiger partial charge in [-0.05, 0) is 45.9 Å². The van der Waals surface area contributed by atoms with Gasteiger partial charge in [-0.2, -0.15) is 0 Å². The van der Waals surface area contributed by atoms with E-state index in [1.54, 1.807) is 0 Å². The molecule has 1 saturated heterocycles. The number of piperidine rings is 1. The summed E-state index contributed by atoms with van der Waals surface area (Å²) >= 11 is 0. The lowest BCUT2D eigenvalue weighted by atomic mass is 9.99. The second-order valence-corrected chi connectivity index (χ2v) is 4.33. The van der Waals surface area contributed by atoms with Crippen LogP contribution in [0.4, 0.5) is 0 Å². The summed E-state index contributed by atoms with van der Waals surface area (Å²) in [5, 5.41) is 0. The van der Waals surface area contributed by atoms with E-state index >= 15 is 0 Å². The molecule has 0 aromatic carbocycles. The lowest BCUT2D eigenvalue weighted by molar-refractivity contribution is 0.177. The van der Waals surface area contributed by atoms with E-state index in [0.29, 0.717) is 0 Å². The molecule has 1 rings (SSSR count). The summed E-state index contributed by atoms with van der Waals surface area (Å²) in [4.78, 5) is 4.85. The molecule has 0 aliphatic carbocycles. The summed E-state index contributed by atoms with van der Waals surface area (Å²) in [6, 6.07) is 0. The fourth-order valence-electron chi connectivity index (χ4n) is 1.63. The highest BCUT2D eigenvalue weighted by molar-refractivity contribution is 4.69. The average Bonchev–Trinajstić information content (AvgIpc) is 2.33. The lowest BCUT2D eigenvalue weighted by Gasteiger charge is -2.30. The minimum Gasteiger partial charge on any atom is -0.308 e. The maximum Gasteiger partial charge on any atom is 0.0109 e. The van der Waals surface area contributed by atoms with Crippen LogP contribution >= 0.6 is 0 Å². The number of rotatable bonds is 3. The molecule has 1 heterocycles. The molecule has 0 N–H and O–H groups in total. The molecule has 1 aliphatic rings. The van der Waals surface area contributed by atoms with Crippen LogP contribution in [-0.4, -0.2) is 50.1 Å². The summed E-state index contributed by atoms with van der Waals surface area (Å²) in [6.07, 6.45) is 2.79. The molecular formula is C14H34N2. The normalized spacial score (nSPS) is 17.2. The highest BCUT2D eigenvalue weighted by atomic mass is 15.2. The molecule has 2 nitrogen and oxygen atoms in total. The van der Waals surface area contributed by atoms with Crippen molar-refractivity contribution in [3.63, 3.8) is 0 Å². The fourth-order valence-corrected chi connectivity index (χ4v) is 1.63. The second-order valence-electron chi connectivity index (χ2n) is 4.33. The topological polar surface area (TPSA) is 6.48 Å². The molecule has 0 atom stereocenters. The van der Waals surface area contributed by atoms with Crippen molar-refractivity contribution in [2.24, 2.45) is 5.92 Å². The van der Waals surface area contributed by atoms with Gasteiger partial charge in [-0.1, -0.05) is 34.6 Å². The van der Waals surface area contributed by atoms with E-state index in [0.717, 1.165) is 5.92 Å². The van der Waals surface area contributed by atoms with Gasteiger partial charge < -0.3 is 9.80 Å². The number of likely N-dealkylation sites (N-methyl/N-ethyl adjacent to an activating group) is 1. The summed E-state index contributed by atoms with van der Waals surface area (Å²) < 4.78 is 0. The fraction of sp³-hybridized carbons (Fsp3) is 1.00. The molecule has 0 unspecified atom stereocenters. The van der Waals surface area contributed by atoms with E-state index in [4.69, 9.17) is 0 Å². The zero-order valence-corrected chi connectivity index (χ0v) is 12.7. The Bertz CT molecular complexity index is 116. The van der Waals surface area contributed by atoms with Crippen LogP contribution in [0.15, 0.2) is 0 Å². The van der Waals surface area contributed by atoms with Crippen LogP contribution in [0.5, 0.6) is 0 Å². The molecule has 0 saturated carbocycles. The molecule has 0 aromatic rings. The van der Waals surface area contributed by atoms with Gasteiger partial charge in [0.2, 0.25) is 0 Å². The molecule has 16 heavy (non-hydrogen) atoms. The van der Waals surface area contributed by atoms with E-state index in [1.807, 2.05) is 27.7 Å². The highest BCUT2D eigenvalue weighted by Gasteiger charge is 2.14. The van der Waals surface area contributed by atoms with Crippen LogP contribution in [0.1, 0.15) is 47.5 Å². The van der Waals surface area contributed by atoms with Gasteiger partial charge in [0.05, 0.1) is 0 Å². The average molecular weight is 230 g/mol. The van der Waals surface area contributed by atoms with Gasteiger partial charge in [0, 0.05) is 13.1 Å². The zero-order valence-electron chi connectivity index (χ0n) is 12.7. The van der Waals surface area contributed by atoms with Crippen LogP contribution in [0.25, 0.3) is 0 Å². The van der Waals surface area contributed by atoms with Crippen molar-refractivity contribution in [1.82, 2.24) is 9.80 Å². The molecule has 2 heteroatoms. The maximum atomic E-state index is 2.58. The van der Waals surface area contributed by atoms with E-state index in [9.17, 15) is 0 Å². The largest absolute Gasteiger partial charge is 0.308 e. The molecule has 100 valence electrons. The first-order valence-electron chi connectivity index (χ1n) is 7.05. The van der Waals surface area contributed by atoms with Crippen LogP contribution in [0, 0.1) is 5.92 Å². The number of hydrogen-bond donors (Lipinski definition) is 0. The van der Waals surface area contributed by atoms with Gasteiger partial charge >= 0.3 is 0 Å². The number of nitrogens with zero attached hydrogens (tertiary/aromatic N) is 2. The summed E-state index contributed by atoms with van der Waals surface area (Å²) in [7, 11) is 4.29. The van der Waals surface area contributed by atoms with Crippen molar-refractivity contribution in [3.05, 3.63) is 0 Å². The number of likely N-dealkylation sites (tertiary alicyclic amines) is 1. The molecule has 1 aliphatic heterocycles. The third kappa shape index (κ3) is 10.4. The Hall–Kier alpha value is -0.0800. The predicted molar refractivity (Wildman–Crippen MR) is 76.1 cm³/mol. The Kier molecular flexibility index (Phi) is 14.8. The Labute approximate surface area is 104 Å². The monoisotopic (exact) mass is 230 g/mol. The van der Waals surface area contributed by atoms with E-state index in [2.05, 4.69) is 30.8 Å². The molecule has 0 spiro atoms. The van der Waals surface area contributed by atoms with Crippen LogP contribution in [0.3, 0.4) is 0 Å². The third-order valence-electron chi connectivity index (χ3n) is 2.74. The predicted octanol–water partition coefficient (Wildman–Crippen LogP) is 3.33. The zero-order chi connectivity index (χ0) is 13.0. The van der Waals surface area contributed by atoms with Crippen molar-refractivity contribution >= 4 is 0 Å². The van der Waals surface area contributed by atoms with Gasteiger partial charge in [-0.15, -0.1) is 0 Å². The van der Waals surface area contributed by atoms with Gasteiger partial charge in [0.1, 0.15) is 0 Å². The van der Waals surface area contributed by atoms with Gasteiger partial charge in [0.15, 0.2) is 0 Å². The van der Waals surface area contributed by atoms with Gasteiger partial charge in [-0.3, -0.25) is 0 Å². The molecule has 0 aromatic heterocycles. The first-order valence-corrected chi connectivity index (χ1v) is 7.05. The SMILES string of the molecule is CC.CC.CC1CCN(CCN(C)C)CC1. The first kappa shape index (κ1) is 18.3. The Morgan fingerprint density at radius 1 is 1.00 bits per heavy atom. The first-order chi connectivity index (χ1) is 7.68. The van der Waals surface area contributed by atoms with Crippen LogP contribution in [-0.2, 0) is 0 Å². The van der Waals surface area contributed by atoms with Crippen LogP contribution in [0.2, 0.25) is 0 Å². The van der Waals surface area contributed by atoms with E-state index < -0.39 is 0 Å². The Balaban J connectivity index is 0. The quantitative estimate of drug-likeness (QED) is 0.734. The minimum absolute atomic E-state index is 0.959. The summed E-state index contributed by atoms with van der Waals surface area (Å²) in [5.74, 6) is 0.959. The van der Waals surface area contributed by atoms with Crippen molar-refractivity contribution in [1.29, 1.82) is 0 Å². The van der Waals surface area contributed by atoms with Crippen molar-refractivity contribution in [2.75, 3.05) is 40.3 Å². The smallest absolute Gasteiger partial charge is 0.0109 e. The van der Waals surface area contributed by atoms with Crippen molar-refractivity contribution in [3.8, 4) is 0 Å². The minimum atomic E-state index is 0.959. The Morgan fingerprint density at radius 2 is 1.44 bits per heavy atom. The van der Waals surface area contributed by atoms with E-state index in [-0.39, 0.29) is 0 Å². The lowest BCUT2D eigenvalue weighted by Crippen LogP contribution is -2.37. The maximum absolute atomic E-state index is 2.58. The van der Waals surface area contributed by atoms with Crippen LogP contribution < -0.4 is 0 Å². The summed E-state index contributed by atoms with van der Waals surface area (Å²) in [5.41, 5.74) is 0. The molecule has 0 amide bonds.